The SMILES string of the molecule is CN(C)C(=O)N1CCc2c(cncc2C(=O)NCCc2cccnc2)C1. The number of amides is 3. The molecular weight excluding hydrogens is 330 g/mol. The van der Waals surface area contributed by atoms with Crippen molar-refractivity contribution in [2.75, 3.05) is 27.2 Å². The van der Waals surface area contributed by atoms with Gasteiger partial charge in [0.1, 0.15) is 0 Å². The van der Waals surface area contributed by atoms with Crippen molar-refractivity contribution in [3.8, 4) is 0 Å². The zero-order chi connectivity index (χ0) is 18.5. The lowest BCUT2D eigenvalue weighted by atomic mass is 9.97. The maximum atomic E-state index is 12.6. The fraction of sp³-hybridized carbons (Fsp3) is 0.368. The van der Waals surface area contributed by atoms with E-state index in [1.807, 2.05) is 12.1 Å². The molecule has 1 N–H and O–H groups in total. The normalized spacial score (nSPS) is 13.1. The van der Waals surface area contributed by atoms with E-state index in [0.717, 1.165) is 23.1 Å². The van der Waals surface area contributed by atoms with Gasteiger partial charge in [0.05, 0.1) is 5.56 Å². The van der Waals surface area contributed by atoms with Crippen molar-refractivity contribution in [1.29, 1.82) is 0 Å². The van der Waals surface area contributed by atoms with Gasteiger partial charge >= 0.3 is 6.03 Å². The highest BCUT2D eigenvalue weighted by molar-refractivity contribution is 5.95. The molecule has 0 unspecified atom stereocenters. The van der Waals surface area contributed by atoms with E-state index in [0.29, 0.717) is 31.6 Å². The van der Waals surface area contributed by atoms with Gasteiger partial charge in [0.15, 0.2) is 0 Å². The first-order valence-electron chi connectivity index (χ1n) is 8.65. The Labute approximate surface area is 153 Å². The van der Waals surface area contributed by atoms with Gasteiger partial charge in [-0.3, -0.25) is 14.8 Å². The summed E-state index contributed by atoms with van der Waals surface area (Å²) < 4.78 is 0. The minimum Gasteiger partial charge on any atom is -0.352 e. The number of carbonyl (C=O) groups excluding carboxylic acids is 2. The van der Waals surface area contributed by atoms with Gasteiger partial charge in [-0.05, 0) is 35.6 Å². The zero-order valence-electron chi connectivity index (χ0n) is 15.1. The van der Waals surface area contributed by atoms with Crippen LogP contribution in [0.4, 0.5) is 4.79 Å². The maximum absolute atomic E-state index is 12.6. The minimum absolute atomic E-state index is 0.0259. The van der Waals surface area contributed by atoms with Crippen molar-refractivity contribution in [2.24, 2.45) is 0 Å². The molecule has 0 aromatic carbocycles. The molecule has 7 heteroatoms. The Kier molecular flexibility index (Phi) is 5.46. The molecule has 0 aliphatic carbocycles. The third kappa shape index (κ3) is 3.99. The number of carbonyl (C=O) groups is 2. The largest absolute Gasteiger partial charge is 0.352 e. The predicted molar refractivity (Wildman–Crippen MR) is 97.7 cm³/mol. The molecule has 26 heavy (non-hydrogen) atoms. The monoisotopic (exact) mass is 353 g/mol. The van der Waals surface area contributed by atoms with E-state index in [4.69, 9.17) is 0 Å². The van der Waals surface area contributed by atoms with E-state index in [1.165, 1.54) is 0 Å². The Bertz CT molecular complexity index is 792. The molecular formula is C19H23N5O2. The van der Waals surface area contributed by atoms with Crippen molar-refractivity contribution in [3.63, 3.8) is 0 Å². The van der Waals surface area contributed by atoms with Crippen LogP contribution in [-0.4, -0.2) is 58.9 Å². The van der Waals surface area contributed by atoms with Crippen LogP contribution in [0.3, 0.4) is 0 Å². The molecule has 0 bridgehead atoms. The van der Waals surface area contributed by atoms with Crippen molar-refractivity contribution >= 4 is 11.9 Å². The second kappa shape index (κ2) is 7.95. The summed E-state index contributed by atoms with van der Waals surface area (Å²) in [5.74, 6) is -0.120. The topological polar surface area (TPSA) is 78.4 Å². The number of nitrogens with one attached hydrogen (secondary N) is 1. The summed E-state index contributed by atoms with van der Waals surface area (Å²) in [6, 6.07) is 3.85. The van der Waals surface area contributed by atoms with Crippen LogP contribution in [0.2, 0.25) is 0 Å². The fourth-order valence-corrected chi connectivity index (χ4v) is 3.10. The first kappa shape index (κ1) is 17.8. The molecule has 3 heterocycles. The summed E-state index contributed by atoms with van der Waals surface area (Å²) >= 11 is 0. The molecule has 0 saturated heterocycles. The van der Waals surface area contributed by atoms with Crippen LogP contribution in [0.5, 0.6) is 0 Å². The summed E-state index contributed by atoms with van der Waals surface area (Å²) in [5.41, 5.74) is 3.61. The Hall–Kier alpha value is -2.96. The Balaban J connectivity index is 1.65. The van der Waals surface area contributed by atoms with E-state index in [-0.39, 0.29) is 11.9 Å². The second-order valence-corrected chi connectivity index (χ2v) is 6.54. The predicted octanol–water partition coefficient (Wildman–Crippen LogP) is 1.49. The minimum atomic E-state index is -0.120. The average molecular weight is 353 g/mol. The lowest BCUT2D eigenvalue weighted by Crippen LogP contribution is -2.42. The number of hydrogen-bond acceptors (Lipinski definition) is 4. The molecule has 0 spiro atoms. The summed E-state index contributed by atoms with van der Waals surface area (Å²) in [4.78, 5) is 36.3. The van der Waals surface area contributed by atoms with E-state index < -0.39 is 0 Å². The molecule has 2 aromatic rings. The van der Waals surface area contributed by atoms with Crippen LogP contribution in [0, 0.1) is 0 Å². The Morgan fingerprint density at radius 2 is 2.08 bits per heavy atom. The molecule has 3 amide bonds. The number of fused-ring (bicyclic) bond motifs is 1. The number of hydrogen-bond donors (Lipinski definition) is 1. The first-order chi connectivity index (χ1) is 12.6. The van der Waals surface area contributed by atoms with Gasteiger partial charge in [-0.15, -0.1) is 0 Å². The third-order valence-electron chi connectivity index (χ3n) is 4.46. The number of urea groups is 1. The van der Waals surface area contributed by atoms with Gasteiger partial charge in [-0.1, -0.05) is 6.07 Å². The van der Waals surface area contributed by atoms with E-state index in [2.05, 4.69) is 15.3 Å². The second-order valence-electron chi connectivity index (χ2n) is 6.54. The molecule has 3 rings (SSSR count). The van der Waals surface area contributed by atoms with Crippen molar-refractivity contribution in [2.45, 2.75) is 19.4 Å². The molecule has 136 valence electrons. The molecule has 1 aliphatic heterocycles. The van der Waals surface area contributed by atoms with Crippen LogP contribution in [-0.2, 0) is 19.4 Å². The highest BCUT2D eigenvalue weighted by atomic mass is 16.2. The van der Waals surface area contributed by atoms with Crippen molar-refractivity contribution in [3.05, 3.63) is 59.2 Å². The first-order valence-corrected chi connectivity index (χ1v) is 8.65. The Morgan fingerprint density at radius 1 is 1.23 bits per heavy atom. The summed E-state index contributed by atoms with van der Waals surface area (Å²) in [6.07, 6.45) is 8.28. The molecule has 2 aromatic heterocycles. The van der Waals surface area contributed by atoms with Crippen LogP contribution in [0.15, 0.2) is 36.9 Å². The van der Waals surface area contributed by atoms with Crippen molar-refractivity contribution < 1.29 is 9.59 Å². The van der Waals surface area contributed by atoms with Gasteiger partial charge in [0.25, 0.3) is 5.91 Å². The van der Waals surface area contributed by atoms with Crippen LogP contribution in [0.25, 0.3) is 0 Å². The number of rotatable bonds is 4. The molecule has 0 saturated carbocycles. The van der Waals surface area contributed by atoms with E-state index in [1.54, 1.807) is 48.7 Å². The molecule has 0 radical (unpaired) electrons. The lowest BCUT2D eigenvalue weighted by Gasteiger charge is -2.31. The van der Waals surface area contributed by atoms with Crippen LogP contribution < -0.4 is 5.32 Å². The molecule has 0 fully saturated rings. The highest BCUT2D eigenvalue weighted by Gasteiger charge is 2.25. The average Bonchev–Trinajstić information content (AvgIpc) is 2.67. The lowest BCUT2D eigenvalue weighted by molar-refractivity contribution is 0.0952. The van der Waals surface area contributed by atoms with Gasteiger partial charge in [-0.2, -0.15) is 0 Å². The van der Waals surface area contributed by atoms with Gasteiger partial charge in [-0.25, -0.2) is 4.79 Å². The van der Waals surface area contributed by atoms with Crippen LogP contribution in [0.1, 0.15) is 27.0 Å². The summed E-state index contributed by atoms with van der Waals surface area (Å²) in [7, 11) is 3.48. The zero-order valence-corrected chi connectivity index (χ0v) is 15.1. The van der Waals surface area contributed by atoms with Gasteiger partial charge < -0.3 is 15.1 Å². The number of nitrogens with zero attached hydrogens (tertiary/aromatic N) is 4. The van der Waals surface area contributed by atoms with Crippen molar-refractivity contribution in [1.82, 2.24) is 25.1 Å². The molecule has 1 aliphatic rings. The standard InChI is InChI=1S/C19H23N5O2/c1-23(2)19(26)24-9-6-16-15(13-24)11-21-12-17(16)18(25)22-8-5-14-4-3-7-20-10-14/h3-4,7,10-12H,5-6,8-9,13H2,1-2H3,(H,22,25). The van der Waals surface area contributed by atoms with E-state index in [9.17, 15) is 9.59 Å². The Morgan fingerprint density at radius 3 is 2.81 bits per heavy atom. The fourth-order valence-electron chi connectivity index (χ4n) is 3.10. The maximum Gasteiger partial charge on any atom is 0.319 e. The smallest absolute Gasteiger partial charge is 0.319 e. The molecule has 7 nitrogen and oxygen atoms in total. The third-order valence-corrected chi connectivity index (χ3v) is 4.46. The van der Waals surface area contributed by atoms with Gasteiger partial charge in [0, 0.05) is 58.5 Å². The summed E-state index contributed by atoms with van der Waals surface area (Å²) in [5, 5.41) is 2.95. The summed E-state index contributed by atoms with van der Waals surface area (Å²) in [6.45, 7) is 1.62. The highest BCUT2D eigenvalue weighted by Crippen LogP contribution is 2.22. The van der Waals surface area contributed by atoms with Gasteiger partial charge in [0.2, 0.25) is 0 Å². The quantitative estimate of drug-likeness (QED) is 0.903. The number of aromatic nitrogens is 2. The number of pyridine rings is 2. The molecule has 0 atom stereocenters. The van der Waals surface area contributed by atoms with Crippen LogP contribution >= 0.6 is 0 Å². The van der Waals surface area contributed by atoms with E-state index >= 15 is 0 Å².